The molecule has 1 aliphatic heterocycles. The Balaban J connectivity index is 2.80. The number of rotatable bonds is 1. The van der Waals surface area contributed by atoms with E-state index in [-0.39, 0.29) is 12.3 Å². The summed E-state index contributed by atoms with van der Waals surface area (Å²) >= 11 is 0. The van der Waals surface area contributed by atoms with E-state index in [1.54, 1.807) is 4.90 Å². The van der Waals surface area contributed by atoms with Gasteiger partial charge in [-0.1, -0.05) is 0 Å². The molecule has 4 heteroatoms. The van der Waals surface area contributed by atoms with Crippen LogP contribution in [-0.2, 0) is 4.79 Å². The molecule has 0 fully saturated rings. The van der Waals surface area contributed by atoms with Gasteiger partial charge in [-0.15, -0.1) is 0 Å². The summed E-state index contributed by atoms with van der Waals surface area (Å²) in [4.78, 5) is 12.7. The maximum absolute atomic E-state index is 11.0. The van der Waals surface area contributed by atoms with Gasteiger partial charge < -0.3 is 4.90 Å². The largest absolute Gasteiger partial charge is 0.373 e. The first-order valence-electron chi connectivity index (χ1n) is 2.99. The van der Waals surface area contributed by atoms with Gasteiger partial charge >= 0.3 is 0 Å². The SMILES string of the molecule is CN(C)C1=CN=NCC1=O. The molecular weight excluding hydrogens is 130 g/mol. The molecule has 0 saturated heterocycles. The van der Waals surface area contributed by atoms with Crippen LogP contribution in [0, 0.1) is 0 Å². The van der Waals surface area contributed by atoms with Crippen molar-refractivity contribution in [2.45, 2.75) is 0 Å². The molecule has 0 N–H and O–H groups in total. The van der Waals surface area contributed by atoms with E-state index in [4.69, 9.17) is 0 Å². The minimum absolute atomic E-state index is 0.0278. The standard InChI is InChI=1S/C6H9N3O/c1-9(2)5-3-7-8-4-6(5)10/h3H,4H2,1-2H3. The second-order valence-electron chi connectivity index (χ2n) is 2.25. The summed E-state index contributed by atoms with van der Waals surface area (Å²) in [5, 5.41) is 7.19. The molecule has 0 aromatic carbocycles. The number of nitrogens with zero attached hydrogens (tertiary/aromatic N) is 3. The third-order valence-electron chi connectivity index (χ3n) is 1.24. The zero-order valence-electron chi connectivity index (χ0n) is 6.03. The van der Waals surface area contributed by atoms with Crippen LogP contribution in [0.2, 0.25) is 0 Å². The smallest absolute Gasteiger partial charge is 0.203 e. The normalized spacial score (nSPS) is 17.0. The molecule has 0 saturated carbocycles. The van der Waals surface area contributed by atoms with Gasteiger partial charge in [0.25, 0.3) is 0 Å². The van der Waals surface area contributed by atoms with Crippen LogP contribution in [-0.4, -0.2) is 31.3 Å². The molecule has 0 spiro atoms. The molecule has 10 heavy (non-hydrogen) atoms. The molecule has 0 radical (unpaired) electrons. The highest BCUT2D eigenvalue weighted by Crippen LogP contribution is 2.05. The number of Topliss-reactive ketones (excluding diaryl/α,β-unsaturated/α-hetero) is 1. The van der Waals surface area contributed by atoms with Gasteiger partial charge in [-0.3, -0.25) is 4.79 Å². The Labute approximate surface area is 59.2 Å². The highest BCUT2D eigenvalue weighted by Gasteiger charge is 2.12. The first-order chi connectivity index (χ1) is 4.72. The molecule has 54 valence electrons. The number of ketones is 1. The van der Waals surface area contributed by atoms with Crippen molar-refractivity contribution in [1.82, 2.24) is 4.90 Å². The molecule has 0 amide bonds. The highest BCUT2D eigenvalue weighted by atomic mass is 16.1. The average Bonchev–Trinajstić information content (AvgIpc) is 1.88. The zero-order chi connectivity index (χ0) is 7.56. The van der Waals surface area contributed by atoms with Gasteiger partial charge in [0.1, 0.15) is 12.2 Å². The summed E-state index contributed by atoms with van der Waals surface area (Å²) in [6, 6.07) is 0. The lowest BCUT2D eigenvalue weighted by molar-refractivity contribution is -0.115. The van der Waals surface area contributed by atoms with Crippen molar-refractivity contribution in [2.75, 3.05) is 20.6 Å². The predicted octanol–water partition coefficient (Wildman–Crippen LogP) is 0.424. The van der Waals surface area contributed by atoms with E-state index in [0.29, 0.717) is 5.70 Å². The molecule has 1 heterocycles. The van der Waals surface area contributed by atoms with E-state index < -0.39 is 0 Å². The molecule has 0 aromatic rings. The summed E-state index contributed by atoms with van der Waals surface area (Å²) in [6.07, 6.45) is 1.48. The van der Waals surface area contributed by atoms with Crippen molar-refractivity contribution >= 4 is 5.78 Å². The van der Waals surface area contributed by atoms with E-state index in [9.17, 15) is 4.79 Å². The molecule has 0 bridgehead atoms. The van der Waals surface area contributed by atoms with Crippen LogP contribution < -0.4 is 0 Å². The second-order valence-corrected chi connectivity index (χ2v) is 2.25. The number of hydrogen-bond acceptors (Lipinski definition) is 4. The Hall–Kier alpha value is -1.19. The fourth-order valence-electron chi connectivity index (χ4n) is 0.718. The van der Waals surface area contributed by atoms with Crippen LogP contribution in [0.5, 0.6) is 0 Å². The third kappa shape index (κ3) is 1.21. The molecular formula is C6H9N3O. The van der Waals surface area contributed by atoms with Crippen molar-refractivity contribution in [2.24, 2.45) is 10.2 Å². The average molecular weight is 139 g/mol. The van der Waals surface area contributed by atoms with Crippen LogP contribution in [0.15, 0.2) is 22.1 Å². The lowest BCUT2D eigenvalue weighted by Crippen LogP contribution is -2.22. The summed E-state index contributed by atoms with van der Waals surface area (Å²) in [5.74, 6) is 0.0278. The van der Waals surface area contributed by atoms with Gasteiger partial charge in [-0.25, -0.2) is 0 Å². The molecule has 1 rings (SSSR count). The van der Waals surface area contributed by atoms with Gasteiger partial charge in [-0.2, -0.15) is 10.2 Å². The Kier molecular flexibility index (Phi) is 1.80. The number of carbonyl (C=O) groups is 1. The van der Waals surface area contributed by atoms with Gasteiger partial charge in [0.2, 0.25) is 5.78 Å². The summed E-state index contributed by atoms with van der Waals surface area (Å²) in [5.41, 5.74) is 0.620. The van der Waals surface area contributed by atoms with Crippen molar-refractivity contribution in [3.05, 3.63) is 11.9 Å². The Morgan fingerprint density at radius 2 is 2.30 bits per heavy atom. The Morgan fingerprint density at radius 1 is 1.60 bits per heavy atom. The van der Waals surface area contributed by atoms with Crippen molar-refractivity contribution < 1.29 is 4.79 Å². The molecule has 4 nitrogen and oxygen atoms in total. The number of likely N-dealkylation sites (N-methyl/N-ethyl adjacent to an activating group) is 1. The summed E-state index contributed by atoms with van der Waals surface area (Å²) in [7, 11) is 3.62. The van der Waals surface area contributed by atoms with Gasteiger partial charge in [0, 0.05) is 14.1 Å². The third-order valence-corrected chi connectivity index (χ3v) is 1.24. The minimum Gasteiger partial charge on any atom is -0.373 e. The minimum atomic E-state index is 0.0278. The Morgan fingerprint density at radius 3 is 2.70 bits per heavy atom. The topological polar surface area (TPSA) is 45.0 Å². The quantitative estimate of drug-likeness (QED) is 0.528. The lowest BCUT2D eigenvalue weighted by Gasteiger charge is -2.14. The molecule has 0 aromatic heterocycles. The van der Waals surface area contributed by atoms with Crippen molar-refractivity contribution in [3.8, 4) is 0 Å². The van der Waals surface area contributed by atoms with E-state index in [0.717, 1.165) is 0 Å². The van der Waals surface area contributed by atoms with E-state index >= 15 is 0 Å². The molecule has 1 aliphatic rings. The van der Waals surface area contributed by atoms with Gasteiger partial charge in [-0.05, 0) is 0 Å². The Bertz CT molecular complexity index is 205. The summed E-state index contributed by atoms with van der Waals surface area (Å²) < 4.78 is 0. The fourth-order valence-corrected chi connectivity index (χ4v) is 0.718. The first-order valence-corrected chi connectivity index (χ1v) is 2.99. The summed E-state index contributed by atoms with van der Waals surface area (Å²) in [6.45, 7) is 0.185. The molecule has 0 aliphatic carbocycles. The maximum atomic E-state index is 11.0. The molecule has 0 atom stereocenters. The van der Waals surface area contributed by atoms with E-state index in [1.807, 2.05) is 14.1 Å². The highest BCUT2D eigenvalue weighted by molar-refractivity contribution is 5.96. The van der Waals surface area contributed by atoms with Crippen LogP contribution in [0.1, 0.15) is 0 Å². The molecule has 0 unspecified atom stereocenters. The van der Waals surface area contributed by atoms with Crippen molar-refractivity contribution in [1.29, 1.82) is 0 Å². The van der Waals surface area contributed by atoms with Crippen LogP contribution in [0.3, 0.4) is 0 Å². The van der Waals surface area contributed by atoms with Crippen LogP contribution >= 0.6 is 0 Å². The number of azo groups is 1. The number of carbonyl (C=O) groups excluding carboxylic acids is 1. The predicted molar refractivity (Wildman–Crippen MR) is 36.5 cm³/mol. The number of hydrogen-bond donors (Lipinski definition) is 0. The van der Waals surface area contributed by atoms with E-state index in [1.165, 1.54) is 6.20 Å². The van der Waals surface area contributed by atoms with Crippen molar-refractivity contribution in [3.63, 3.8) is 0 Å². The maximum Gasteiger partial charge on any atom is 0.203 e. The second kappa shape index (κ2) is 2.60. The van der Waals surface area contributed by atoms with Crippen LogP contribution in [0.4, 0.5) is 0 Å². The van der Waals surface area contributed by atoms with Gasteiger partial charge in [0.05, 0.1) is 6.20 Å². The lowest BCUT2D eigenvalue weighted by atomic mass is 10.3. The zero-order valence-corrected chi connectivity index (χ0v) is 6.03. The fraction of sp³-hybridized carbons (Fsp3) is 0.500. The van der Waals surface area contributed by atoms with Gasteiger partial charge in [0.15, 0.2) is 0 Å². The van der Waals surface area contributed by atoms with E-state index in [2.05, 4.69) is 10.2 Å². The monoisotopic (exact) mass is 139 g/mol. The van der Waals surface area contributed by atoms with Crippen LogP contribution in [0.25, 0.3) is 0 Å². The first kappa shape index (κ1) is 6.92.